The van der Waals surface area contributed by atoms with E-state index in [1.54, 1.807) is 36.4 Å². The molecule has 2 rings (SSSR count). The molecule has 2 aromatic rings. The highest BCUT2D eigenvalue weighted by Crippen LogP contribution is 2.11. The van der Waals surface area contributed by atoms with E-state index in [9.17, 15) is 9.50 Å². The summed E-state index contributed by atoms with van der Waals surface area (Å²) in [4.78, 5) is 0. The molecule has 0 aliphatic rings. The Labute approximate surface area is 162 Å². The second kappa shape index (κ2) is 12.8. The van der Waals surface area contributed by atoms with Crippen LogP contribution in [0.1, 0.15) is 17.5 Å². The normalized spacial score (nSPS) is 12.7. The number of aliphatic hydroxyl groups excluding tert-OH is 2. The number of halogens is 3. The summed E-state index contributed by atoms with van der Waals surface area (Å²) in [5, 5.41) is 26.0. The van der Waals surface area contributed by atoms with Gasteiger partial charge in [0, 0.05) is 22.7 Å². The van der Waals surface area contributed by atoms with Crippen LogP contribution >= 0.6 is 23.2 Å². The zero-order valence-electron chi connectivity index (χ0n) is 14.1. The largest absolute Gasteiger partial charge is 0.392 e. The van der Waals surface area contributed by atoms with Crippen molar-refractivity contribution in [2.75, 3.05) is 6.61 Å². The number of ether oxygens (including phenoxy) is 1. The van der Waals surface area contributed by atoms with Gasteiger partial charge >= 0.3 is 0 Å². The SMILES string of the molecule is N=CC(F)CC(O)COCc1ccc(Cl)cc1.OCc1ccc(Cl)cc1. The van der Waals surface area contributed by atoms with E-state index in [0.29, 0.717) is 22.9 Å². The van der Waals surface area contributed by atoms with E-state index in [1.807, 2.05) is 12.1 Å². The van der Waals surface area contributed by atoms with Gasteiger partial charge < -0.3 is 20.4 Å². The minimum Gasteiger partial charge on any atom is -0.392 e. The second-order valence-electron chi connectivity index (χ2n) is 5.50. The molecule has 4 nitrogen and oxygen atoms in total. The van der Waals surface area contributed by atoms with Gasteiger partial charge in [0.15, 0.2) is 0 Å². The first kappa shape index (κ1) is 22.5. The maximum atomic E-state index is 12.7. The number of aliphatic hydroxyl groups is 2. The predicted molar refractivity (Wildman–Crippen MR) is 103 cm³/mol. The van der Waals surface area contributed by atoms with Crippen molar-refractivity contribution < 1.29 is 19.3 Å². The molecule has 2 unspecified atom stereocenters. The summed E-state index contributed by atoms with van der Waals surface area (Å²) in [5.41, 5.74) is 1.82. The Morgan fingerprint density at radius 1 is 1.00 bits per heavy atom. The standard InChI is InChI=1S/C12H15ClFNO2.C7H7ClO/c13-10-3-1-9(2-4-10)7-17-8-12(16)5-11(14)6-15;8-7-3-1-6(5-9)2-4-7/h1-4,6,11-12,15-16H,5,7-8H2;1-4,9H,5H2. The van der Waals surface area contributed by atoms with Crippen LogP contribution in [0.15, 0.2) is 48.5 Å². The van der Waals surface area contributed by atoms with Gasteiger partial charge in [0.05, 0.1) is 25.9 Å². The summed E-state index contributed by atoms with van der Waals surface area (Å²) in [6, 6.07) is 14.3. The molecule has 142 valence electrons. The lowest BCUT2D eigenvalue weighted by Crippen LogP contribution is -2.20. The number of hydrogen-bond acceptors (Lipinski definition) is 4. The topological polar surface area (TPSA) is 73.5 Å². The molecule has 26 heavy (non-hydrogen) atoms. The van der Waals surface area contributed by atoms with Crippen LogP contribution in [0.4, 0.5) is 4.39 Å². The lowest BCUT2D eigenvalue weighted by atomic mass is 10.2. The number of alkyl halides is 1. The highest BCUT2D eigenvalue weighted by atomic mass is 35.5. The van der Waals surface area contributed by atoms with E-state index in [0.717, 1.165) is 11.1 Å². The predicted octanol–water partition coefficient (Wildman–Crippen LogP) is 4.43. The van der Waals surface area contributed by atoms with Crippen molar-refractivity contribution >= 4 is 29.4 Å². The first-order valence-electron chi connectivity index (χ1n) is 7.94. The molecule has 0 aromatic heterocycles. The highest BCUT2D eigenvalue weighted by molar-refractivity contribution is 6.30. The van der Waals surface area contributed by atoms with Crippen molar-refractivity contribution in [1.82, 2.24) is 0 Å². The van der Waals surface area contributed by atoms with Crippen LogP contribution < -0.4 is 0 Å². The minimum atomic E-state index is -1.41. The number of hydrogen-bond donors (Lipinski definition) is 3. The summed E-state index contributed by atoms with van der Waals surface area (Å²) < 4.78 is 17.9. The Kier molecular flexibility index (Phi) is 11.1. The molecular weight excluding hydrogens is 380 g/mol. The maximum absolute atomic E-state index is 12.7. The average molecular weight is 402 g/mol. The van der Waals surface area contributed by atoms with Crippen LogP contribution in [0, 0.1) is 5.41 Å². The average Bonchev–Trinajstić information content (AvgIpc) is 2.64. The monoisotopic (exact) mass is 401 g/mol. The Morgan fingerprint density at radius 2 is 1.50 bits per heavy atom. The molecule has 0 aliphatic heterocycles. The molecule has 0 aliphatic carbocycles. The minimum absolute atomic E-state index is 0.0525. The first-order valence-corrected chi connectivity index (χ1v) is 8.70. The van der Waals surface area contributed by atoms with E-state index >= 15 is 0 Å². The lowest BCUT2D eigenvalue weighted by Gasteiger charge is -2.11. The fourth-order valence-electron chi connectivity index (χ4n) is 1.88. The third-order valence-corrected chi connectivity index (χ3v) is 3.77. The Balaban J connectivity index is 0.000000314. The second-order valence-corrected chi connectivity index (χ2v) is 6.37. The Morgan fingerprint density at radius 3 is 1.96 bits per heavy atom. The van der Waals surface area contributed by atoms with E-state index in [2.05, 4.69) is 0 Å². The first-order chi connectivity index (χ1) is 12.4. The van der Waals surface area contributed by atoms with Gasteiger partial charge in [-0.1, -0.05) is 47.5 Å². The van der Waals surface area contributed by atoms with E-state index in [4.69, 9.17) is 38.5 Å². The zero-order chi connectivity index (χ0) is 19.4. The molecule has 0 bridgehead atoms. The van der Waals surface area contributed by atoms with Crippen LogP contribution in [-0.2, 0) is 18.0 Å². The lowest BCUT2D eigenvalue weighted by molar-refractivity contribution is 0.0184. The van der Waals surface area contributed by atoms with Gasteiger partial charge in [0.2, 0.25) is 0 Å². The third-order valence-electron chi connectivity index (χ3n) is 3.27. The molecule has 0 saturated heterocycles. The Hall–Kier alpha value is -1.50. The molecule has 0 fully saturated rings. The maximum Gasteiger partial charge on any atom is 0.137 e. The van der Waals surface area contributed by atoms with Gasteiger partial charge in [-0.05, 0) is 35.4 Å². The van der Waals surface area contributed by atoms with Gasteiger partial charge in [0.1, 0.15) is 6.17 Å². The van der Waals surface area contributed by atoms with E-state index in [1.165, 1.54) is 0 Å². The summed E-state index contributed by atoms with van der Waals surface area (Å²) in [5.74, 6) is 0. The van der Waals surface area contributed by atoms with Crippen LogP contribution in [0.3, 0.4) is 0 Å². The van der Waals surface area contributed by atoms with E-state index < -0.39 is 12.3 Å². The quantitative estimate of drug-likeness (QED) is 0.572. The van der Waals surface area contributed by atoms with Crippen molar-refractivity contribution in [3.8, 4) is 0 Å². The van der Waals surface area contributed by atoms with Gasteiger partial charge in [-0.2, -0.15) is 0 Å². The van der Waals surface area contributed by atoms with Crippen molar-refractivity contribution in [3.05, 3.63) is 69.7 Å². The summed E-state index contributed by atoms with van der Waals surface area (Å²) in [6.45, 7) is 0.476. The van der Waals surface area contributed by atoms with Crippen LogP contribution in [0.5, 0.6) is 0 Å². The highest BCUT2D eigenvalue weighted by Gasteiger charge is 2.11. The summed E-state index contributed by atoms with van der Waals surface area (Å²) in [7, 11) is 0. The zero-order valence-corrected chi connectivity index (χ0v) is 15.6. The molecule has 0 amide bonds. The molecule has 0 radical (unpaired) electrons. The molecule has 2 aromatic carbocycles. The van der Waals surface area contributed by atoms with Gasteiger partial charge in [-0.25, -0.2) is 4.39 Å². The Bertz CT molecular complexity index is 638. The fraction of sp³-hybridized carbons (Fsp3) is 0.316. The van der Waals surface area contributed by atoms with Gasteiger partial charge in [-0.3, -0.25) is 0 Å². The third kappa shape index (κ3) is 9.85. The molecule has 0 saturated carbocycles. The number of rotatable bonds is 8. The van der Waals surface area contributed by atoms with Crippen LogP contribution in [0.2, 0.25) is 10.0 Å². The van der Waals surface area contributed by atoms with E-state index in [-0.39, 0.29) is 19.6 Å². The van der Waals surface area contributed by atoms with Crippen molar-refractivity contribution in [1.29, 1.82) is 5.41 Å². The molecular formula is C19H22Cl2FNO3. The smallest absolute Gasteiger partial charge is 0.137 e. The van der Waals surface area contributed by atoms with Crippen molar-refractivity contribution in [3.63, 3.8) is 0 Å². The van der Waals surface area contributed by atoms with Gasteiger partial charge in [-0.15, -0.1) is 0 Å². The van der Waals surface area contributed by atoms with Gasteiger partial charge in [0.25, 0.3) is 0 Å². The molecule has 3 N–H and O–H groups in total. The number of benzene rings is 2. The van der Waals surface area contributed by atoms with Crippen molar-refractivity contribution in [2.24, 2.45) is 0 Å². The number of nitrogens with one attached hydrogen (secondary N) is 1. The fourth-order valence-corrected chi connectivity index (χ4v) is 2.13. The van der Waals surface area contributed by atoms with Crippen LogP contribution in [-0.4, -0.2) is 35.3 Å². The van der Waals surface area contributed by atoms with Crippen LogP contribution in [0.25, 0.3) is 0 Å². The molecule has 2 atom stereocenters. The summed E-state index contributed by atoms with van der Waals surface area (Å²) in [6.07, 6.45) is -1.74. The molecule has 0 heterocycles. The van der Waals surface area contributed by atoms with Crippen molar-refractivity contribution in [2.45, 2.75) is 31.9 Å². The molecule has 0 spiro atoms. The summed E-state index contributed by atoms with van der Waals surface area (Å²) >= 11 is 11.3. The molecule has 7 heteroatoms.